The van der Waals surface area contributed by atoms with Crippen LogP contribution in [0.4, 0.5) is 0 Å². The van der Waals surface area contributed by atoms with Gasteiger partial charge in [0.05, 0.1) is 0 Å². The molecule has 1 aromatic carbocycles. The van der Waals surface area contributed by atoms with Crippen LogP contribution in [-0.4, -0.2) is 22.9 Å². The van der Waals surface area contributed by atoms with Crippen molar-refractivity contribution in [2.75, 3.05) is 6.61 Å². The van der Waals surface area contributed by atoms with Crippen LogP contribution in [-0.2, 0) is 18.2 Å². The molecule has 0 fully saturated rings. The second-order valence-electron chi connectivity index (χ2n) is 4.95. The van der Waals surface area contributed by atoms with E-state index in [4.69, 9.17) is 4.74 Å². The van der Waals surface area contributed by atoms with Crippen LogP contribution in [0.15, 0.2) is 42.6 Å². The molecular weight excluding hydrogens is 266 g/mol. The first kappa shape index (κ1) is 15.0. The van der Waals surface area contributed by atoms with Crippen molar-refractivity contribution in [3.63, 3.8) is 0 Å². The van der Waals surface area contributed by atoms with Crippen LogP contribution in [0.25, 0.3) is 0 Å². The molecule has 0 bridgehead atoms. The molecule has 0 N–H and O–H groups in total. The summed E-state index contributed by atoms with van der Waals surface area (Å²) in [4.78, 5) is 23.8. The van der Waals surface area contributed by atoms with Gasteiger partial charge in [-0.15, -0.1) is 0 Å². The van der Waals surface area contributed by atoms with Crippen LogP contribution in [0.5, 0.6) is 0 Å². The van der Waals surface area contributed by atoms with Gasteiger partial charge in [-0.2, -0.15) is 0 Å². The summed E-state index contributed by atoms with van der Waals surface area (Å²) < 4.78 is 6.71. The number of benzene rings is 1. The maximum atomic E-state index is 12.0. The Morgan fingerprint density at radius 2 is 1.86 bits per heavy atom. The number of esters is 1. The highest BCUT2D eigenvalue weighted by atomic mass is 16.5. The summed E-state index contributed by atoms with van der Waals surface area (Å²) in [6.45, 7) is 1.87. The summed E-state index contributed by atoms with van der Waals surface area (Å²) in [5.74, 6) is -0.681. The van der Waals surface area contributed by atoms with E-state index in [2.05, 4.69) is 6.92 Å². The van der Waals surface area contributed by atoms with Gasteiger partial charge < -0.3 is 9.30 Å². The number of carbonyl (C=O) groups excluding carboxylic acids is 2. The Hall–Kier alpha value is -2.36. The summed E-state index contributed by atoms with van der Waals surface area (Å²) in [5.41, 5.74) is 2.20. The van der Waals surface area contributed by atoms with Crippen LogP contribution < -0.4 is 0 Å². The van der Waals surface area contributed by atoms with Crippen LogP contribution in [0, 0.1) is 0 Å². The number of ether oxygens (including phenoxy) is 1. The van der Waals surface area contributed by atoms with Crippen molar-refractivity contribution in [1.82, 2.24) is 4.57 Å². The molecule has 4 heteroatoms. The SMILES string of the molecule is CCCc1ccc(C(=O)COC(=O)c2cccn2C)cc1. The van der Waals surface area contributed by atoms with Crippen molar-refractivity contribution in [3.8, 4) is 0 Å². The Balaban J connectivity index is 1.92. The van der Waals surface area contributed by atoms with Crippen molar-refractivity contribution in [2.24, 2.45) is 7.05 Å². The second kappa shape index (κ2) is 6.88. The van der Waals surface area contributed by atoms with Gasteiger partial charge in [0, 0.05) is 18.8 Å². The minimum Gasteiger partial charge on any atom is -0.453 e. The van der Waals surface area contributed by atoms with Crippen molar-refractivity contribution < 1.29 is 14.3 Å². The zero-order chi connectivity index (χ0) is 15.2. The first-order valence-corrected chi connectivity index (χ1v) is 7.02. The number of aryl methyl sites for hydroxylation is 2. The predicted molar refractivity (Wildman–Crippen MR) is 80.5 cm³/mol. The van der Waals surface area contributed by atoms with Crippen LogP contribution in [0.3, 0.4) is 0 Å². The standard InChI is InChI=1S/C17H19NO3/c1-3-5-13-7-9-14(10-8-13)16(19)12-21-17(20)15-6-4-11-18(15)2/h4,6-11H,3,5,12H2,1-2H3. The smallest absolute Gasteiger partial charge is 0.355 e. The largest absolute Gasteiger partial charge is 0.453 e. The molecule has 0 spiro atoms. The topological polar surface area (TPSA) is 48.3 Å². The quantitative estimate of drug-likeness (QED) is 0.605. The van der Waals surface area contributed by atoms with Gasteiger partial charge in [-0.05, 0) is 24.1 Å². The van der Waals surface area contributed by atoms with E-state index in [0.717, 1.165) is 12.8 Å². The molecule has 0 aliphatic carbocycles. The van der Waals surface area contributed by atoms with E-state index < -0.39 is 5.97 Å². The molecule has 0 radical (unpaired) electrons. The highest BCUT2D eigenvalue weighted by molar-refractivity contribution is 5.99. The molecule has 0 aliphatic heterocycles. The van der Waals surface area contributed by atoms with Gasteiger partial charge in [0.15, 0.2) is 12.4 Å². The number of rotatable bonds is 6. The van der Waals surface area contributed by atoms with E-state index in [-0.39, 0.29) is 12.4 Å². The highest BCUT2D eigenvalue weighted by Gasteiger charge is 2.13. The lowest BCUT2D eigenvalue weighted by atomic mass is 10.1. The van der Waals surface area contributed by atoms with E-state index in [0.29, 0.717) is 11.3 Å². The van der Waals surface area contributed by atoms with Crippen molar-refractivity contribution in [2.45, 2.75) is 19.8 Å². The molecule has 0 unspecified atom stereocenters. The van der Waals surface area contributed by atoms with Gasteiger partial charge in [0.25, 0.3) is 0 Å². The Morgan fingerprint density at radius 3 is 2.43 bits per heavy atom. The third kappa shape index (κ3) is 3.81. The molecule has 21 heavy (non-hydrogen) atoms. The maximum absolute atomic E-state index is 12.0. The zero-order valence-corrected chi connectivity index (χ0v) is 12.3. The van der Waals surface area contributed by atoms with Gasteiger partial charge in [-0.25, -0.2) is 4.79 Å². The molecule has 110 valence electrons. The molecule has 0 saturated heterocycles. The van der Waals surface area contributed by atoms with E-state index in [1.807, 2.05) is 12.1 Å². The summed E-state index contributed by atoms with van der Waals surface area (Å²) in [7, 11) is 1.75. The summed E-state index contributed by atoms with van der Waals surface area (Å²) in [5, 5.41) is 0. The number of hydrogen-bond donors (Lipinski definition) is 0. The van der Waals surface area contributed by atoms with Crippen molar-refractivity contribution in [3.05, 3.63) is 59.4 Å². The first-order valence-electron chi connectivity index (χ1n) is 7.02. The number of ketones is 1. The van der Waals surface area contributed by atoms with E-state index >= 15 is 0 Å². The number of Topliss-reactive ketones (excluding diaryl/α,β-unsaturated/α-hetero) is 1. The summed E-state index contributed by atoms with van der Waals surface area (Å²) in [6.07, 6.45) is 3.82. The fraction of sp³-hybridized carbons (Fsp3) is 0.294. The minimum atomic E-state index is -0.488. The fourth-order valence-electron chi connectivity index (χ4n) is 2.11. The third-order valence-corrected chi connectivity index (χ3v) is 3.30. The monoisotopic (exact) mass is 285 g/mol. The van der Waals surface area contributed by atoms with Gasteiger partial charge in [0.2, 0.25) is 0 Å². The zero-order valence-electron chi connectivity index (χ0n) is 12.3. The fourth-order valence-corrected chi connectivity index (χ4v) is 2.11. The van der Waals surface area contributed by atoms with Gasteiger partial charge >= 0.3 is 5.97 Å². The van der Waals surface area contributed by atoms with Gasteiger partial charge in [0.1, 0.15) is 5.69 Å². The van der Waals surface area contributed by atoms with Gasteiger partial charge in [-0.1, -0.05) is 37.6 Å². The van der Waals surface area contributed by atoms with E-state index in [1.54, 1.807) is 42.1 Å². The van der Waals surface area contributed by atoms with Crippen molar-refractivity contribution in [1.29, 1.82) is 0 Å². The number of aromatic nitrogens is 1. The minimum absolute atomic E-state index is 0.194. The number of nitrogens with zero attached hydrogens (tertiary/aromatic N) is 1. The molecule has 2 rings (SSSR count). The molecular formula is C17H19NO3. The Morgan fingerprint density at radius 1 is 1.14 bits per heavy atom. The normalized spacial score (nSPS) is 10.4. The molecule has 2 aromatic rings. The third-order valence-electron chi connectivity index (χ3n) is 3.30. The average Bonchev–Trinajstić information content (AvgIpc) is 2.92. The van der Waals surface area contributed by atoms with Crippen LogP contribution in [0.1, 0.15) is 39.8 Å². The number of hydrogen-bond acceptors (Lipinski definition) is 3. The molecule has 0 atom stereocenters. The predicted octanol–water partition coefficient (Wildman–Crippen LogP) is 3.02. The Labute approximate surface area is 124 Å². The van der Waals surface area contributed by atoms with Gasteiger partial charge in [-0.3, -0.25) is 4.79 Å². The van der Waals surface area contributed by atoms with Crippen molar-refractivity contribution >= 4 is 11.8 Å². The lowest BCUT2D eigenvalue weighted by Crippen LogP contribution is -2.16. The van der Waals surface area contributed by atoms with Crippen LogP contribution in [0.2, 0.25) is 0 Å². The average molecular weight is 285 g/mol. The maximum Gasteiger partial charge on any atom is 0.355 e. The molecule has 0 aliphatic rings. The molecule has 4 nitrogen and oxygen atoms in total. The summed E-state index contributed by atoms with van der Waals surface area (Å²) in [6, 6.07) is 10.9. The lowest BCUT2D eigenvalue weighted by molar-refractivity contribution is 0.0465. The molecule has 1 heterocycles. The molecule has 0 amide bonds. The van der Waals surface area contributed by atoms with E-state index in [9.17, 15) is 9.59 Å². The van der Waals surface area contributed by atoms with E-state index in [1.165, 1.54) is 5.56 Å². The van der Waals surface area contributed by atoms with Crippen LogP contribution >= 0.6 is 0 Å². The molecule has 1 aromatic heterocycles. The summed E-state index contributed by atoms with van der Waals surface area (Å²) >= 11 is 0. The Bertz CT molecular complexity index is 626. The lowest BCUT2D eigenvalue weighted by Gasteiger charge is -2.06. The highest BCUT2D eigenvalue weighted by Crippen LogP contribution is 2.08. The molecule has 0 saturated carbocycles. The second-order valence-corrected chi connectivity index (χ2v) is 4.95. The Kier molecular flexibility index (Phi) is 4.93. The first-order chi connectivity index (χ1) is 10.1. The number of carbonyl (C=O) groups is 2.